The number of primary amides is 1. The van der Waals surface area contributed by atoms with Gasteiger partial charge in [-0.05, 0) is 31.5 Å². The molecule has 8 heteroatoms. The topological polar surface area (TPSA) is 91.0 Å². The van der Waals surface area contributed by atoms with Crippen LogP contribution in [-0.2, 0) is 16.1 Å². The Bertz CT molecular complexity index is 687. The van der Waals surface area contributed by atoms with E-state index in [9.17, 15) is 9.59 Å². The molecular weight excluding hydrogens is 354 g/mol. The number of benzene rings is 1. The maximum Gasteiger partial charge on any atom is 0.242 e. The fraction of sp³-hybridized carbons (Fsp3) is 0.500. The van der Waals surface area contributed by atoms with Crippen molar-refractivity contribution < 1.29 is 9.59 Å². The van der Waals surface area contributed by atoms with Crippen molar-refractivity contribution in [1.29, 1.82) is 0 Å². The smallest absolute Gasteiger partial charge is 0.242 e. The summed E-state index contributed by atoms with van der Waals surface area (Å²) in [5.74, 6) is 0.242. The lowest BCUT2D eigenvalue weighted by Crippen LogP contribution is -2.56. The van der Waals surface area contributed by atoms with Crippen molar-refractivity contribution >= 4 is 29.4 Å². The molecule has 1 saturated heterocycles. The number of nitrogens with two attached hydrogens (primary N) is 1. The van der Waals surface area contributed by atoms with Crippen molar-refractivity contribution in [2.75, 3.05) is 33.2 Å². The summed E-state index contributed by atoms with van der Waals surface area (Å²) in [6.07, 6.45) is 0. The molecule has 2 amide bonds. The number of halogens is 1. The van der Waals surface area contributed by atoms with Crippen LogP contribution in [0.1, 0.15) is 19.4 Å². The third-order valence-corrected chi connectivity index (χ3v) is 4.72. The molecular formula is C18H26ClN5O2. The van der Waals surface area contributed by atoms with E-state index in [2.05, 4.69) is 10.3 Å². The molecule has 0 aliphatic carbocycles. The van der Waals surface area contributed by atoms with Gasteiger partial charge in [-0.3, -0.25) is 14.6 Å². The Hall–Kier alpha value is -2.28. The van der Waals surface area contributed by atoms with Crippen LogP contribution in [0.3, 0.4) is 0 Å². The number of rotatable bonds is 5. The van der Waals surface area contributed by atoms with E-state index >= 15 is 0 Å². The third-order valence-electron chi connectivity index (χ3n) is 4.47. The van der Waals surface area contributed by atoms with E-state index in [0.29, 0.717) is 37.2 Å². The Labute approximate surface area is 159 Å². The van der Waals surface area contributed by atoms with Crippen molar-refractivity contribution in [3.8, 4) is 0 Å². The van der Waals surface area contributed by atoms with Crippen LogP contribution in [0.5, 0.6) is 0 Å². The fourth-order valence-corrected chi connectivity index (χ4v) is 2.71. The quantitative estimate of drug-likeness (QED) is 0.591. The lowest BCUT2D eigenvalue weighted by Gasteiger charge is -2.36. The van der Waals surface area contributed by atoms with Crippen molar-refractivity contribution in [3.05, 3.63) is 34.9 Å². The Morgan fingerprint density at radius 3 is 2.50 bits per heavy atom. The van der Waals surface area contributed by atoms with Crippen LogP contribution < -0.4 is 11.1 Å². The van der Waals surface area contributed by atoms with Gasteiger partial charge in [-0.25, -0.2) is 0 Å². The summed E-state index contributed by atoms with van der Waals surface area (Å²) < 4.78 is 0. The highest BCUT2D eigenvalue weighted by Crippen LogP contribution is 2.15. The minimum atomic E-state index is -0.698. The van der Waals surface area contributed by atoms with Crippen molar-refractivity contribution in [3.63, 3.8) is 0 Å². The summed E-state index contributed by atoms with van der Waals surface area (Å²) in [6, 6.07) is 7.50. The van der Waals surface area contributed by atoms with Gasteiger partial charge in [0, 0.05) is 38.2 Å². The summed E-state index contributed by atoms with van der Waals surface area (Å²) in [7, 11) is 1.66. The number of amides is 2. The van der Waals surface area contributed by atoms with Crippen molar-refractivity contribution in [2.45, 2.75) is 20.4 Å². The standard InChI is InChI=1S/C18H26ClN5O2/c1-18(2,16(20)26)12-22-17(21-3)24-9-8-23(15(25)11-24)10-13-4-6-14(19)7-5-13/h4-7H,8-12H2,1-3H3,(H2,20,26)(H,21,22). The Kier molecular flexibility index (Phi) is 6.47. The van der Waals surface area contributed by atoms with Crippen LogP contribution in [0, 0.1) is 5.41 Å². The van der Waals surface area contributed by atoms with Crippen LogP contribution >= 0.6 is 11.6 Å². The molecule has 0 bridgehead atoms. The minimum absolute atomic E-state index is 0.0308. The first-order chi connectivity index (χ1) is 12.2. The van der Waals surface area contributed by atoms with Gasteiger partial charge in [-0.1, -0.05) is 23.7 Å². The number of nitrogens with one attached hydrogen (secondary N) is 1. The van der Waals surface area contributed by atoms with E-state index in [1.807, 2.05) is 34.1 Å². The molecule has 2 rings (SSSR count). The number of piperazine rings is 1. The fourth-order valence-electron chi connectivity index (χ4n) is 2.59. The Balaban J connectivity index is 1.92. The van der Waals surface area contributed by atoms with E-state index in [4.69, 9.17) is 17.3 Å². The van der Waals surface area contributed by atoms with E-state index in [0.717, 1.165) is 5.56 Å². The van der Waals surface area contributed by atoms with Gasteiger partial charge in [-0.15, -0.1) is 0 Å². The molecule has 0 atom stereocenters. The summed E-state index contributed by atoms with van der Waals surface area (Å²) in [6.45, 7) is 5.95. The van der Waals surface area contributed by atoms with Gasteiger partial charge >= 0.3 is 0 Å². The molecule has 0 radical (unpaired) electrons. The van der Waals surface area contributed by atoms with Crippen molar-refractivity contribution in [1.82, 2.24) is 15.1 Å². The molecule has 1 aliphatic rings. The van der Waals surface area contributed by atoms with Gasteiger partial charge < -0.3 is 20.9 Å². The van der Waals surface area contributed by atoms with Gasteiger partial charge in [0.1, 0.15) is 0 Å². The average molecular weight is 380 g/mol. The van der Waals surface area contributed by atoms with Gasteiger partial charge in [0.15, 0.2) is 5.96 Å². The highest BCUT2D eigenvalue weighted by molar-refractivity contribution is 6.30. The lowest BCUT2D eigenvalue weighted by molar-refractivity contribution is -0.135. The molecule has 0 spiro atoms. The molecule has 1 aliphatic heterocycles. The second kappa shape index (κ2) is 8.40. The first kappa shape index (κ1) is 20.0. The van der Waals surface area contributed by atoms with Gasteiger partial charge in [0.05, 0.1) is 12.0 Å². The third kappa shape index (κ3) is 5.11. The molecule has 1 heterocycles. The Morgan fingerprint density at radius 1 is 1.31 bits per heavy atom. The zero-order valence-electron chi connectivity index (χ0n) is 15.5. The zero-order chi connectivity index (χ0) is 19.3. The van der Waals surface area contributed by atoms with Crippen LogP contribution in [0.25, 0.3) is 0 Å². The Morgan fingerprint density at radius 2 is 1.96 bits per heavy atom. The second-order valence-corrected chi connectivity index (χ2v) is 7.45. The number of carbonyl (C=O) groups is 2. The first-order valence-electron chi connectivity index (χ1n) is 8.50. The first-order valence-corrected chi connectivity index (χ1v) is 8.88. The predicted octanol–water partition coefficient (Wildman–Crippen LogP) is 1.07. The predicted molar refractivity (Wildman–Crippen MR) is 103 cm³/mol. The average Bonchev–Trinajstić information content (AvgIpc) is 2.59. The summed E-state index contributed by atoms with van der Waals surface area (Å²) in [5.41, 5.74) is 5.74. The van der Waals surface area contributed by atoms with Crippen LogP contribution in [-0.4, -0.2) is 60.8 Å². The van der Waals surface area contributed by atoms with Crippen LogP contribution in [0.2, 0.25) is 5.02 Å². The molecule has 0 unspecified atom stereocenters. The molecule has 1 aromatic carbocycles. The maximum atomic E-state index is 12.5. The highest BCUT2D eigenvalue weighted by atomic mass is 35.5. The normalized spacial score (nSPS) is 16.0. The highest BCUT2D eigenvalue weighted by Gasteiger charge is 2.29. The van der Waals surface area contributed by atoms with E-state index in [1.54, 1.807) is 20.9 Å². The van der Waals surface area contributed by atoms with E-state index in [-0.39, 0.29) is 18.4 Å². The van der Waals surface area contributed by atoms with E-state index in [1.165, 1.54) is 0 Å². The molecule has 0 saturated carbocycles. The van der Waals surface area contributed by atoms with Crippen LogP contribution in [0.4, 0.5) is 0 Å². The van der Waals surface area contributed by atoms with Crippen LogP contribution in [0.15, 0.2) is 29.3 Å². The zero-order valence-corrected chi connectivity index (χ0v) is 16.2. The van der Waals surface area contributed by atoms with Crippen molar-refractivity contribution in [2.24, 2.45) is 16.1 Å². The molecule has 1 aromatic rings. The minimum Gasteiger partial charge on any atom is -0.369 e. The summed E-state index contributed by atoms with van der Waals surface area (Å²) >= 11 is 5.90. The molecule has 3 N–H and O–H groups in total. The summed E-state index contributed by atoms with van der Waals surface area (Å²) in [5, 5.41) is 3.82. The van der Waals surface area contributed by atoms with Gasteiger partial charge in [0.2, 0.25) is 11.8 Å². The van der Waals surface area contributed by atoms with Gasteiger partial charge in [0.25, 0.3) is 0 Å². The molecule has 26 heavy (non-hydrogen) atoms. The number of hydrogen-bond donors (Lipinski definition) is 2. The number of carbonyl (C=O) groups excluding carboxylic acids is 2. The summed E-state index contributed by atoms with van der Waals surface area (Å²) in [4.78, 5) is 31.9. The molecule has 142 valence electrons. The SMILES string of the molecule is CN=C(NCC(C)(C)C(N)=O)N1CCN(Cc2ccc(Cl)cc2)C(=O)C1. The van der Waals surface area contributed by atoms with Gasteiger partial charge in [-0.2, -0.15) is 0 Å². The second-order valence-electron chi connectivity index (χ2n) is 7.01. The number of nitrogens with zero attached hydrogens (tertiary/aromatic N) is 3. The number of hydrogen-bond acceptors (Lipinski definition) is 3. The maximum absolute atomic E-state index is 12.5. The molecule has 7 nitrogen and oxygen atoms in total. The molecule has 1 fully saturated rings. The molecule has 0 aromatic heterocycles. The monoisotopic (exact) mass is 379 g/mol. The lowest BCUT2D eigenvalue weighted by atomic mass is 9.93. The largest absolute Gasteiger partial charge is 0.369 e. The number of aliphatic imine (C=N–C) groups is 1. The number of guanidine groups is 1. The van der Waals surface area contributed by atoms with E-state index < -0.39 is 5.41 Å².